The molecule has 7 rings (SSSR count). The summed E-state index contributed by atoms with van der Waals surface area (Å²) in [5.74, 6) is 0.698. The second-order valence-corrected chi connectivity index (χ2v) is 11.5. The van der Waals surface area contributed by atoms with Crippen LogP contribution >= 0.6 is 0 Å². The summed E-state index contributed by atoms with van der Waals surface area (Å²) in [6.45, 7) is 4.26. The maximum absolute atomic E-state index is 13.2. The van der Waals surface area contributed by atoms with Crippen LogP contribution in [0.2, 0.25) is 0 Å². The molecule has 2 unspecified atom stereocenters. The summed E-state index contributed by atoms with van der Waals surface area (Å²) in [6, 6.07) is 12.4. The van der Waals surface area contributed by atoms with Crippen LogP contribution in [0.25, 0.3) is 0 Å². The molecule has 0 radical (unpaired) electrons. The summed E-state index contributed by atoms with van der Waals surface area (Å²) in [5, 5.41) is 2.38. The van der Waals surface area contributed by atoms with Gasteiger partial charge in [-0.25, -0.2) is 0 Å². The van der Waals surface area contributed by atoms with Gasteiger partial charge in [0, 0.05) is 35.1 Å². The molecule has 7 heteroatoms. The molecule has 5 aliphatic rings. The first kappa shape index (κ1) is 23.0. The average molecular weight is 500 g/mol. The first-order chi connectivity index (χ1) is 18.0. The van der Waals surface area contributed by atoms with E-state index in [1.165, 1.54) is 30.4 Å². The first-order valence-electron chi connectivity index (χ1n) is 13.8. The van der Waals surface area contributed by atoms with Crippen molar-refractivity contribution in [1.82, 2.24) is 15.1 Å². The lowest BCUT2D eigenvalue weighted by atomic mass is 9.73. The number of amides is 3. The van der Waals surface area contributed by atoms with E-state index in [0.29, 0.717) is 31.1 Å². The zero-order valence-corrected chi connectivity index (χ0v) is 21.1. The Bertz CT molecular complexity index is 1300. The number of nitrogens with zero attached hydrogens (tertiary/aromatic N) is 2. The summed E-state index contributed by atoms with van der Waals surface area (Å²) < 4.78 is 6.34. The van der Waals surface area contributed by atoms with Crippen molar-refractivity contribution in [2.45, 2.75) is 68.9 Å². The molecule has 2 aromatic rings. The van der Waals surface area contributed by atoms with E-state index in [4.69, 9.17) is 4.74 Å². The number of piperidine rings is 2. The van der Waals surface area contributed by atoms with Gasteiger partial charge in [-0.05, 0) is 74.7 Å². The van der Waals surface area contributed by atoms with E-state index in [-0.39, 0.29) is 29.6 Å². The number of imide groups is 1. The number of hydrogen-bond donors (Lipinski definition) is 1. The van der Waals surface area contributed by atoms with Crippen molar-refractivity contribution >= 4 is 17.7 Å². The molecule has 7 nitrogen and oxygen atoms in total. The van der Waals surface area contributed by atoms with Crippen molar-refractivity contribution in [3.8, 4) is 5.75 Å². The van der Waals surface area contributed by atoms with Crippen LogP contribution in [0.4, 0.5) is 0 Å². The molecule has 2 aromatic carbocycles. The van der Waals surface area contributed by atoms with E-state index in [9.17, 15) is 14.4 Å². The van der Waals surface area contributed by atoms with Crippen molar-refractivity contribution in [3.63, 3.8) is 0 Å². The van der Waals surface area contributed by atoms with Crippen LogP contribution in [0, 0.1) is 0 Å². The highest BCUT2D eigenvalue weighted by Gasteiger charge is 2.47. The molecule has 192 valence electrons. The maximum atomic E-state index is 13.2. The Balaban J connectivity index is 1.07. The molecule has 0 saturated carbocycles. The van der Waals surface area contributed by atoms with Gasteiger partial charge in [-0.15, -0.1) is 0 Å². The quantitative estimate of drug-likeness (QED) is 0.656. The van der Waals surface area contributed by atoms with Crippen LogP contribution < -0.4 is 10.1 Å². The predicted octanol–water partition coefficient (Wildman–Crippen LogP) is 3.29. The standard InChI is InChI=1S/C30H33N3O4/c34-26-11-10-25(28(35)31-26)33-17-23-22(29(33)36)8-9-24-27(23)37-18-30(24)12-14-32(15-13-30)16-20-6-3-5-19-4-1-2-7-21(19)20/h1-2,4,7-9,20,25H,3,5-6,10-18H2,(H,31,34,35). The summed E-state index contributed by atoms with van der Waals surface area (Å²) in [4.78, 5) is 41.5. The van der Waals surface area contributed by atoms with E-state index < -0.39 is 6.04 Å². The number of likely N-dealkylation sites (tertiary alicyclic amines) is 1. The molecule has 3 amide bonds. The van der Waals surface area contributed by atoms with E-state index in [1.807, 2.05) is 6.07 Å². The molecular formula is C30H33N3O4. The lowest BCUT2D eigenvalue weighted by Gasteiger charge is -2.40. The Morgan fingerprint density at radius 1 is 1.00 bits per heavy atom. The molecule has 2 atom stereocenters. The van der Waals surface area contributed by atoms with E-state index in [1.54, 1.807) is 10.5 Å². The van der Waals surface area contributed by atoms with Crippen molar-refractivity contribution in [3.05, 3.63) is 64.2 Å². The molecule has 1 spiro atoms. The highest BCUT2D eigenvalue weighted by molar-refractivity contribution is 6.05. The van der Waals surface area contributed by atoms with Crippen LogP contribution in [0.15, 0.2) is 36.4 Å². The Labute approximate surface area is 217 Å². The summed E-state index contributed by atoms with van der Waals surface area (Å²) in [5.41, 5.74) is 5.84. The maximum Gasteiger partial charge on any atom is 0.255 e. The Kier molecular flexibility index (Phi) is 5.39. The van der Waals surface area contributed by atoms with Crippen LogP contribution in [0.1, 0.15) is 77.1 Å². The van der Waals surface area contributed by atoms with Gasteiger partial charge < -0.3 is 14.5 Å². The molecule has 0 aromatic heterocycles. The summed E-state index contributed by atoms with van der Waals surface area (Å²) >= 11 is 0. The number of fused-ring (bicyclic) bond motifs is 5. The molecule has 2 saturated heterocycles. The van der Waals surface area contributed by atoms with Crippen molar-refractivity contribution in [2.75, 3.05) is 26.2 Å². The predicted molar refractivity (Wildman–Crippen MR) is 137 cm³/mol. The minimum absolute atomic E-state index is 0.00354. The number of benzene rings is 2. The molecule has 1 aliphatic carbocycles. The van der Waals surface area contributed by atoms with E-state index in [2.05, 4.69) is 40.5 Å². The zero-order valence-electron chi connectivity index (χ0n) is 21.1. The van der Waals surface area contributed by atoms with Gasteiger partial charge in [0.1, 0.15) is 11.8 Å². The van der Waals surface area contributed by atoms with Gasteiger partial charge in [-0.3, -0.25) is 19.7 Å². The third-order valence-electron chi connectivity index (χ3n) is 9.52. The highest BCUT2D eigenvalue weighted by atomic mass is 16.5. The summed E-state index contributed by atoms with van der Waals surface area (Å²) in [6.07, 6.45) is 6.50. The number of carbonyl (C=O) groups is 3. The zero-order chi connectivity index (χ0) is 25.1. The largest absolute Gasteiger partial charge is 0.492 e. The van der Waals surface area contributed by atoms with Crippen LogP contribution in [-0.4, -0.2) is 59.8 Å². The third-order valence-corrected chi connectivity index (χ3v) is 9.52. The summed E-state index contributed by atoms with van der Waals surface area (Å²) in [7, 11) is 0. The smallest absolute Gasteiger partial charge is 0.255 e. The monoisotopic (exact) mass is 499 g/mol. The Hall–Kier alpha value is -3.19. The lowest BCUT2D eigenvalue weighted by Crippen LogP contribution is -2.52. The Morgan fingerprint density at radius 2 is 1.84 bits per heavy atom. The fourth-order valence-corrected chi connectivity index (χ4v) is 7.42. The number of nitrogens with one attached hydrogen (secondary N) is 1. The van der Waals surface area contributed by atoms with Crippen LogP contribution in [0.5, 0.6) is 5.75 Å². The second kappa shape index (κ2) is 8.69. The molecule has 1 N–H and O–H groups in total. The lowest BCUT2D eigenvalue weighted by molar-refractivity contribution is -0.136. The minimum atomic E-state index is -0.600. The highest BCUT2D eigenvalue weighted by Crippen LogP contribution is 2.50. The van der Waals surface area contributed by atoms with E-state index >= 15 is 0 Å². The average Bonchev–Trinajstić information content (AvgIpc) is 3.44. The molecule has 4 heterocycles. The number of hydrogen-bond acceptors (Lipinski definition) is 5. The molecular weight excluding hydrogens is 466 g/mol. The third kappa shape index (κ3) is 3.69. The second-order valence-electron chi connectivity index (χ2n) is 11.5. The SMILES string of the molecule is O=C1CCC(N2Cc3c(ccc4c3OCC43CCN(CC4CCCc5ccccc54)CC3)C2=O)C(=O)N1. The fraction of sp³-hybridized carbons (Fsp3) is 0.500. The number of aryl methyl sites for hydroxylation is 1. The number of carbonyl (C=O) groups excluding carboxylic acids is 3. The van der Waals surface area contributed by atoms with Crippen LogP contribution in [0.3, 0.4) is 0 Å². The van der Waals surface area contributed by atoms with Gasteiger partial charge in [0.15, 0.2) is 0 Å². The molecule has 37 heavy (non-hydrogen) atoms. The van der Waals surface area contributed by atoms with E-state index in [0.717, 1.165) is 43.8 Å². The number of rotatable bonds is 3. The first-order valence-corrected chi connectivity index (χ1v) is 13.8. The molecule has 4 aliphatic heterocycles. The molecule has 0 bridgehead atoms. The molecule has 2 fully saturated rings. The van der Waals surface area contributed by atoms with Crippen molar-refractivity contribution in [2.24, 2.45) is 0 Å². The topological polar surface area (TPSA) is 79.0 Å². The Morgan fingerprint density at radius 3 is 2.68 bits per heavy atom. The van der Waals surface area contributed by atoms with Gasteiger partial charge in [-0.1, -0.05) is 30.3 Å². The van der Waals surface area contributed by atoms with Crippen molar-refractivity contribution in [1.29, 1.82) is 0 Å². The van der Waals surface area contributed by atoms with Gasteiger partial charge in [-0.2, -0.15) is 0 Å². The van der Waals surface area contributed by atoms with Crippen molar-refractivity contribution < 1.29 is 19.1 Å². The normalized spacial score (nSPS) is 26.5. The van der Waals surface area contributed by atoms with Gasteiger partial charge in [0.25, 0.3) is 5.91 Å². The van der Waals surface area contributed by atoms with Crippen LogP contribution in [-0.2, 0) is 28.0 Å². The fourth-order valence-electron chi connectivity index (χ4n) is 7.42. The minimum Gasteiger partial charge on any atom is -0.492 e. The van der Waals surface area contributed by atoms with Gasteiger partial charge in [0.05, 0.1) is 13.2 Å². The van der Waals surface area contributed by atoms with Gasteiger partial charge in [0.2, 0.25) is 11.8 Å². The number of ether oxygens (including phenoxy) is 1. The van der Waals surface area contributed by atoms with Gasteiger partial charge >= 0.3 is 0 Å².